The van der Waals surface area contributed by atoms with E-state index in [2.05, 4.69) is 25.9 Å². The molecule has 0 radical (unpaired) electrons. The summed E-state index contributed by atoms with van der Waals surface area (Å²) in [4.78, 5) is 6.33. The molecule has 1 N–H and O–H groups in total. The molecule has 0 saturated heterocycles. The van der Waals surface area contributed by atoms with Crippen LogP contribution in [0.5, 0.6) is 5.75 Å². The average Bonchev–Trinajstić information content (AvgIpc) is 2.69. The van der Waals surface area contributed by atoms with Crippen molar-refractivity contribution in [2.45, 2.75) is 77.0 Å². The van der Waals surface area contributed by atoms with E-state index in [1.54, 1.807) is 6.07 Å². The second-order valence-electron chi connectivity index (χ2n) is 6.51. The quantitative estimate of drug-likeness (QED) is 0.1000. The van der Waals surface area contributed by atoms with Crippen LogP contribution in [0.4, 0.5) is 5.69 Å². The monoisotopic (exact) mass is 397 g/mol. The Bertz CT molecular complexity index is 509. The van der Waals surface area contributed by atoms with Crippen LogP contribution >= 0.6 is 12.0 Å². The van der Waals surface area contributed by atoms with Crippen LogP contribution in [-0.2, 0) is 9.32 Å². The van der Waals surface area contributed by atoms with Crippen molar-refractivity contribution in [1.82, 2.24) is 5.06 Å². The van der Waals surface area contributed by atoms with Crippen molar-refractivity contribution in [3.8, 4) is 5.75 Å². The van der Waals surface area contributed by atoms with E-state index in [9.17, 15) is 0 Å². The summed E-state index contributed by atoms with van der Waals surface area (Å²) in [6, 6.07) is 5.48. The molecule has 0 unspecified atom stereocenters. The van der Waals surface area contributed by atoms with Gasteiger partial charge in [-0.15, -0.1) is 9.32 Å². The van der Waals surface area contributed by atoms with Gasteiger partial charge in [0.25, 0.3) is 0 Å². The van der Waals surface area contributed by atoms with Gasteiger partial charge in [-0.3, -0.25) is 0 Å². The number of unbranched alkanes of at least 4 members (excludes halogenated alkanes) is 5. The first-order valence-corrected chi connectivity index (χ1v) is 10.9. The van der Waals surface area contributed by atoms with Gasteiger partial charge in [-0.05, 0) is 37.5 Å². The summed E-state index contributed by atoms with van der Waals surface area (Å²) in [6.45, 7) is 8.87. The van der Waals surface area contributed by atoms with Crippen molar-refractivity contribution < 1.29 is 14.1 Å². The number of hydrogen-bond acceptors (Lipinski definition) is 7. The van der Waals surface area contributed by atoms with Gasteiger partial charge in [0.15, 0.2) is 0 Å². The van der Waals surface area contributed by atoms with Crippen molar-refractivity contribution in [1.29, 1.82) is 5.53 Å². The first-order chi connectivity index (χ1) is 13.2. The predicted octanol–water partition coefficient (Wildman–Crippen LogP) is 7.08. The molecular formula is C20H35N3O3S. The lowest BCUT2D eigenvalue weighted by Gasteiger charge is -2.18. The van der Waals surface area contributed by atoms with Crippen LogP contribution in [-0.4, -0.2) is 24.8 Å². The fraction of sp³-hybridized carbons (Fsp3) is 0.700. The van der Waals surface area contributed by atoms with Gasteiger partial charge in [0.1, 0.15) is 11.4 Å². The van der Waals surface area contributed by atoms with E-state index in [4.69, 9.17) is 19.6 Å². The largest absolute Gasteiger partial charge is 0.491 e. The minimum Gasteiger partial charge on any atom is -0.491 e. The van der Waals surface area contributed by atoms with Gasteiger partial charge in [0.2, 0.25) is 0 Å². The molecule has 6 nitrogen and oxygen atoms in total. The van der Waals surface area contributed by atoms with Crippen LogP contribution < -0.4 is 4.74 Å². The molecule has 0 heterocycles. The average molecular weight is 398 g/mol. The van der Waals surface area contributed by atoms with Crippen molar-refractivity contribution in [3.63, 3.8) is 0 Å². The summed E-state index contributed by atoms with van der Waals surface area (Å²) in [7, 11) is 0. The molecule has 27 heavy (non-hydrogen) atoms. The van der Waals surface area contributed by atoms with Gasteiger partial charge in [-0.25, -0.2) is 5.53 Å². The second kappa shape index (κ2) is 15.9. The van der Waals surface area contributed by atoms with Crippen LogP contribution in [0.25, 0.3) is 0 Å². The minimum atomic E-state index is 0.531. The third-order valence-electron chi connectivity index (χ3n) is 4.10. The van der Waals surface area contributed by atoms with Crippen LogP contribution in [0.1, 0.15) is 72.1 Å². The maximum Gasteiger partial charge on any atom is 0.147 e. The summed E-state index contributed by atoms with van der Waals surface area (Å²) in [5, 5.41) is 5.41. The zero-order chi connectivity index (χ0) is 19.7. The molecule has 0 saturated carbocycles. The summed E-state index contributed by atoms with van der Waals surface area (Å²) in [5.74, 6) is 0.615. The van der Waals surface area contributed by atoms with Gasteiger partial charge < -0.3 is 4.74 Å². The third-order valence-corrected chi connectivity index (χ3v) is 4.67. The Morgan fingerprint density at radius 3 is 2.30 bits per heavy atom. The molecule has 0 atom stereocenters. The fourth-order valence-corrected chi connectivity index (χ4v) is 2.89. The summed E-state index contributed by atoms with van der Waals surface area (Å²) < 4.78 is 11.2. The molecule has 0 aromatic heterocycles. The number of hydrogen-bond donors (Lipinski definition) is 1. The lowest BCUT2D eigenvalue weighted by molar-refractivity contribution is -0.360. The molecule has 1 aromatic rings. The van der Waals surface area contributed by atoms with Gasteiger partial charge >= 0.3 is 0 Å². The molecule has 0 bridgehead atoms. The highest BCUT2D eigenvalue weighted by molar-refractivity contribution is 7.94. The Labute approximate surface area is 168 Å². The molecule has 0 amide bonds. The molecule has 154 valence electrons. The predicted molar refractivity (Wildman–Crippen MR) is 110 cm³/mol. The standard InChI is InChI=1S/C20H35N3O3S/c1-4-7-10-11-16-24-20-17-18(12-13-19(20)22-21)27-26-25-23(14-8-5-2)15-9-6-3/h12-13,17,21H,4-11,14-16H2,1-3H3. The topological polar surface area (TPSA) is 67.1 Å². The van der Waals surface area contributed by atoms with Gasteiger partial charge in [0.05, 0.1) is 18.6 Å². The molecule has 0 aliphatic rings. The third kappa shape index (κ3) is 10.7. The highest BCUT2D eigenvalue weighted by Crippen LogP contribution is 2.33. The molecule has 7 heteroatoms. The Kier molecular flexibility index (Phi) is 14.0. The van der Waals surface area contributed by atoms with Crippen molar-refractivity contribution >= 4 is 17.7 Å². The van der Waals surface area contributed by atoms with Crippen LogP contribution in [0, 0.1) is 5.53 Å². The van der Waals surface area contributed by atoms with E-state index >= 15 is 0 Å². The molecule has 1 rings (SSSR count). The molecule has 0 aliphatic heterocycles. The first-order valence-electron chi connectivity index (χ1n) is 10.2. The first kappa shape index (κ1) is 23.9. The van der Waals surface area contributed by atoms with E-state index in [1.165, 1.54) is 12.8 Å². The Balaban J connectivity index is 2.50. The summed E-state index contributed by atoms with van der Waals surface area (Å²) >= 11 is 1.15. The second-order valence-corrected chi connectivity index (χ2v) is 7.29. The Hall–Kier alpha value is -1.15. The van der Waals surface area contributed by atoms with Crippen LogP contribution in [0.15, 0.2) is 28.2 Å². The van der Waals surface area contributed by atoms with Crippen molar-refractivity contribution in [2.24, 2.45) is 5.11 Å². The summed E-state index contributed by atoms with van der Waals surface area (Å²) in [5.41, 5.74) is 7.83. The fourth-order valence-electron chi connectivity index (χ4n) is 2.42. The number of rotatable bonds is 17. The zero-order valence-electron chi connectivity index (χ0n) is 17.0. The van der Waals surface area contributed by atoms with Gasteiger partial charge in [-0.2, -0.15) is 10.2 Å². The number of benzene rings is 1. The number of ether oxygens (including phenoxy) is 1. The molecule has 0 aliphatic carbocycles. The van der Waals surface area contributed by atoms with Gasteiger partial charge in [-0.1, -0.05) is 52.9 Å². The van der Waals surface area contributed by atoms with E-state index < -0.39 is 0 Å². The van der Waals surface area contributed by atoms with E-state index in [0.717, 1.165) is 68.6 Å². The molecular weight excluding hydrogens is 362 g/mol. The molecule has 1 aromatic carbocycles. The minimum absolute atomic E-state index is 0.531. The van der Waals surface area contributed by atoms with Crippen LogP contribution in [0.2, 0.25) is 0 Å². The molecule has 0 fully saturated rings. The lowest BCUT2D eigenvalue weighted by Crippen LogP contribution is -2.25. The zero-order valence-corrected chi connectivity index (χ0v) is 17.9. The SMILES string of the molecule is CCCCCCOc1cc(SOON(CCCC)CCCC)ccc1N=N. The van der Waals surface area contributed by atoms with Crippen molar-refractivity contribution in [3.05, 3.63) is 18.2 Å². The molecule has 0 spiro atoms. The number of nitrogens with one attached hydrogen (secondary N) is 1. The highest BCUT2D eigenvalue weighted by Gasteiger charge is 2.09. The maximum absolute atomic E-state index is 7.30. The van der Waals surface area contributed by atoms with E-state index in [1.807, 2.05) is 17.2 Å². The maximum atomic E-state index is 7.30. The van der Waals surface area contributed by atoms with Gasteiger partial charge in [0, 0.05) is 18.0 Å². The van der Waals surface area contributed by atoms with E-state index in [-0.39, 0.29) is 0 Å². The Morgan fingerprint density at radius 2 is 1.67 bits per heavy atom. The lowest BCUT2D eigenvalue weighted by atomic mass is 10.2. The van der Waals surface area contributed by atoms with Crippen LogP contribution in [0.3, 0.4) is 0 Å². The smallest absolute Gasteiger partial charge is 0.147 e. The number of nitrogens with zero attached hydrogens (tertiary/aromatic N) is 2. The summed E-state index contributed by atoms with van der Waals surface area (Å²) in [6.07, 6.45) is 8.97. The van der Waals surface area contributed by atoms with E-state index in [0.29, 0.717) is 18.0 Å². The highest BCUT2D eigenvalue weighted by atomic mass is 32.2. The normalized spacial score (nSPS) is 11.1. The number of hydroxylamine groups is 2. The Morgan fingerprint density at radius 1 is 0.963 bits per heavy atom. The van der Waals surface area contributed by atoms with Crippen molar-refractivity contribution in [2.75, 3.05) is 19.7 Å².